The molecule has 3 aromatic rings. The molecule has 2 aromatic carbocycles. The van der Waals surface area contributed by atoms with Gasteiger partial charge in [0, 0.05) is 35.8 Å². The van der Waals surface area contributed by atoms with E-state index in [0.29, 0.717) is 36.2 Å². The molecule has 0 atom stereocenters. The molecule has 0 radical (unpaired) electrons. The molecule has 0 aliphatic carbocycles. The van der Waals surface area contributed by atoms with Crippen LogP contribution in [0.15, 0.2) is 48.8 Å². The van der Waals surface area contributed by atoms with Crippen LogP contribution in [0, 0.1) is 6.92 Å². The third-order valence-electron chi connectivity index (χ3n) is 5.24. The van der Waals surface area contributed by atoms with Gasteiger partial charge in [-0.2, -0.15) is 13.2 Å². The lowest BCUT2D eigenvalue weighted by molar-refractivity contribution is -0.137. The SMILES string of the molecule is Cc1ccc(C(=O)N2CCCc3ccc(C(F)(F)F)cc32)cc1-c1cnc(N)nc1. The van der Waals surface area contributed by atoms with Crippen molar-refractivity contribution >= 4 is 17.5 Å². The fourth-order valence-corrected chi connectivity index (χ4v) is 3.66. The van der Waals surface area contributed by atoms with E-state index in [2.05, 4.69) is 9.97 Å². The molecule has 8 heteroatoms. The van der Waals surface area contributed by atoms with Crippen molar-refractivity contribution in [2.24, 2.45) is 0 Å². The molecule has 1 amide bonds. The van der Waals surface area contributed by atoms with Crippen molar-refractivity contribution in [2.75, 3.05) is 17.2 Å². The Labute approximate surface area is 171 Å². The molecular formula is C22H19F3N4O. The van der Waals surface area contributed by atoms with Crippen LogP contribution >= 0.6 is 0 Å². The minimum atomic E-state index is -4.46. The molecule has 2 heterocycles. The van der Waals surface area contributed by atoms with Crippen molar-refractivity contribution in [3.8, 4) is 11.1 Å². The predicted molar refractivity (Wildman–Crippen MR) is 108 cm³/mol. The monoisotopic (exact) mass is 412 g/mol. The van der Waals surface area contributed by atoms with E-state index < -0.39 is 11.7 Å². The van der Waals surface area contributed by atoms with Crippen LogP contribution in [0.5, 0.6) is 0 Å². The van der Waals surface area contributed by atoms with Gasteiger partial charge in [0.15, 0.2) is 0 Å². The van der Waals surface area contributed by atoms with Crippen molar-refractivity contribution in [1.29, 1.82) is 0 Å². The van der Waals surface area contributed by atoms with Crippen LogP contribution in [-0.2, 0) is 12.6 Å². The second kappa shape index (κ2) is 7.44. The van der Waals surface area contributed by atoms with Crippen molar-refractivity contribution in [3.05, 3.63) is 71.0 Å². The molecule has 0 bridgehead atoms. The Morgan fingerprint density at radius 1 is 1.10 bits per heavy atom. The minimum absolute atomic E-state index is 0.147. The van der Waals surface area contributed by atoms with Gasteiger partial charge in [0.2, 0.25) is 5.95 Å². The van der Waals surface area contributed by atoms with Gasteiger partial charge in [-0.15, -0.1) is 0 Å². The van der Waals surface area contributed by atoms with E-state index in [0.717, 1.165) is 28.8 Å². The van der Waals surface area contributed by atoms with Crippen molar-refractivity contribution in [2.45, 2.75) is 25.9 Å². The lowest BCUT2D eigenvalue weighted by Gasteiger charge is -2.30. The van der Waals surface area contributed by atoms with Crippen molar-refractivity contribution in [3.63, 3.8) is 0 Å². The summed E-state index contributed by atoms with van der Waals surface area (Å²) in [5, 5.41) is 0. The minimum Gasteiger partial charge on any atom is -0.368 e. The van der Waals surface area contributed by atoms with Crippen LogP contribution < -0.4 is 10.6 Å². The maximum Gasteiger partial charge on any atom is 0.416 e. The van der Waals surface area contributed by atoms with E-state index in [-0.39, 0.29) is 11.9 Å². The third-order valence-corrected chi connectivity index (χ3v) is 5.24. The number of alkyl halides is 3. The summed E-state index contributed by atoms with van der Waals surface area (Å²) >= 11 is 0. The molecular weight excluding hydrogens is 393 g/mol. The molecule has 5 nitrogen and oxygen atoms in total. The number of aryl methyl sites for hydroxylation is 2. The summed E-state index contributed by atoms with van der Waals surface area (Å²) in [7, 11) is 0. The number of hydrogen-bond acceptors (Lipinski definition) is 4. The predicted octanol–water partition coefficient (Wildman–Crippen LogP) is 4.65. The first-order valence-electron chi connectivity index (χ1n) is 9.44. The smallest absolute Gasteiger partial charge is 0.368 e. The lowest BCUT2D eigenvalue weighted by atomic mass is 9.96. The fraction of sp³-hybridized carbons (Fsp3) is 0.227. The van der Waals surface area contributed by atoms with Gasteiger partial charge >= 0.3 is 6.18 Å². The Kier molecular flexibility index (Phi) is 4.93. The second-order valence-corrected chi connectivity index (χ2v) is 7.26. The molecule has 1 aliphatic heterocycles. The third kappa shape index (κ3) is 3.72. The van der Waals surface area contributed by atoms with Gasteiger partial charge in [-0.3, -0.25) is 4.79 Å². The second-order valence-electron chi connectivity index (χ2n) is 7.26. The number of amides is 1. The van der Waals surface area contributed by atoms with Crippen LogP contribution in [0.3, 0.4) is 0 Å². The van der Waals surface area contributed by atoms with Gasteiger partial charge in [-0.05, 0) is 60.7 Å². The molecule has 2 N–H and O–H groups in total. The molecule has 30 heavy (non-hydrogen) atoms. The van der Waals surface area contributed by atoms with Gasteiger partial charge in [-0.1, -0.05) is 12.1 Å². The molecule has 4 rings (SSSR count). The standard InChI is InChI=1S/C22H19F3N4O/c1-13-4-5-15(9-18(13)16-11-27-21(26)28-12-16)20(30)29-8-2-3-14-6-7-17(10-19(14)29)22(23,24)25/h4-7,9-12H,2-3,8H2,1H3,(H2,26,27,28). The number of carbonyl (C=O) groups is 1. The molecule has 1 aliphatic rings. The summed E-state index contributed by atoms with van der Waals surface area (Å²) in [6.07, 6.45) is 0.0105. The molecule has 154 valence electrons. The van der Waals surface area contributed by atoms with E-state index in [1.54, 1.807) is 30.6 Å². The molecule has 0 spiro atoms. The summed E-state index contributed by atoms with van der Waals surface area (Å²) in [6.45, 7) is 2.26. The number of carbonyl (C=O) groups excluding carboxylic acids is 1. The highest BCUT2D eigenvalue weighted by Crippen LogP contribution is 2.36. The number of nitrogens with zero attached hydrogens (tertiary/aromatic N) is 3. The normalized spacial score (nSPS) is 13.8. The summed E-state index contributed by atoms with van der Waals surface area (Å²) in [6, 6.07) is 8.79. The first-order valence-corrected chi connectivity index (χ1v) is 9.44. The largest absolute Gasteiger partial charge is 0.416 e. The number of fused-ring (bicyclic) bond motifs is 1. The Morgan fingerprint density at radius 3 is 2.53 bits per heavy atom. The average Bonchev–Trinajstić information content (AvgIpc) is 2.73. The highest BCUT2D eigenvalue weighted by molar-refractivity contribution is 6.07. The number of rotatable bonds is 2. The van der Waals surface area contributed by atoms with Crippen LogP contribution in [-0.4, -0.2) is 22.4 Å². The quantitative estimate of drug-likeness (QED) is 0.665. The number of aromatic nitrogens is 2. The molecule has 1 aromatic heterocycles. The summed E-state index contributed by atoms with van der Waals surface area (Å²) in [5.74, 6) is -0.193. The van der Waals surface area contributed by atoms with Gasteiger partial charge in [-0.25, -0.2) is 9.97 Å². The Morgan fingerprint density at radius 2 is 1.83 bits per heavy atom. The molecule has 0 unspecified atom stereocenters. The number of hydrogen-bond donors (Lipinski definition) is 1. The number of nitrogens with two attached hydrogens (primary N) is 1. The Hall–Kier alpha value is -3.42. The van der Waals surface area contributed by atoms with Gasteiger partial charge in [0.1, 0.15) is 0 Å². The highest BCUT2D eigenvalue weighted by atomic mass is 19.4. The van der Waals surface area contributed by atoms with Gasteiger partial charge in [0.05, 0.1) is 5.56 Å². The summed E-state index contributed by atoms with van der Waals surface area (Å²) in [4.78, 5) is 22.7. The number of nitrogen functional groups attached to an aromatic ring is 1. The van der Waals surface area contributed by atoms with Crippen LogP contribution in [0.1, 0.15) is 33.5 Å². The van der Waals surface area contributed by atoms with E-state index in [9.17, 15) is 18.0 Å². The van der Waals surface area contributed by atoms with Crippen LogP contribution in [0.25, 0.3) is 11.1 Å². The lowest BCUT2D eigenvalue weighted by Crippen LogP contribution is -2.35. The zero-order valence-corrected chi connectivity index (χ0v) is 16.2. The Bertz CT molecular complexity index is 1110. The molecule has 0 saturated carbocycles. The zero-order chi connectivity index (χ0) is 21.5. The van der Waals surface area contributed by atoms with E-state index in [4.69, 9.17) is 5.73 Å². The zero-order valence-electron chi connectivity index (χ0n) is 16.2. The van der Waals surface area contributed by atoms with E-state index in [1.807, 2.05) is 6.92 Å². The van der Waals surface area contributed by atoms with Gasteiger partial charge in [0.25, 0.3) is 5.91 Å². The highest BCUT2D eigenvalue weighted by Gasteiger charge is 2.33. The number of anilines is 2. The summed E-state index contributed by atoms with van der Waals surface area (Å²) < 4.78 is 39.6. The molecule has 0 saturated heterocycles. The van der Waals surface area contributed by atoms with Crippen LogP contribution in [0.2, 0.25) is 0 Å². The van der Waals surface area contributed by atoms with Crippen molar-refractivity contribution < 1.29 is 18.0 Å². The topological polar surface area (TPSA) is 72.1 Å². The number of halogens is 3. The molecule has 0 fully saturated rings. The first kappa shape index (κ1) is 19.9. The van der Waals surface area contributed by atoms with Gasteiger partial charge < -0.3 is 10.6 Å². The van der Waals surface area contributed by atoms with Crippen molar-refractivity contribution in [1.82, 2.24) is 9.97 Å². The summed E-state index contributed by atoms with van der Waals surface area (Å²) in [5.41, 5.74) is 8.61. The maximum absolute atomic E-state index is 13.3. The van der Waals surface area contributed by atoms with E-state index >= 15 is 0 Å². The fourth-order valence-electron chi connectivity index (χ4n) is 3.66. The maximum atomic E-state index is 13.3. The average molecular weight is 412 g/mol. The van der Waals surface area contributed by atoms with Crippen LogP contribution in [0.4, 0.5) is 24.8 Å². The Balaban J connectivity index is 1.73. The number of benzene rings is 2. The first-order chi connectivity index (χ1) is 14.2. The van der Waals surface area contributed by atoms with E-state index in [1.165, 1.54) is 11.0 Å².